The van der Waals surface area contributed by atoms with Crippen LogP contribution >= 0.6 is 0 Å². The summed E-state index contributed by atoms with van der Waals surface area (Å²) in [5.74, 6) is 0.386. The Balaban J connectivity index is 1.68. The van der Waals surface area contributed by atoms with Crippen LogP contribution in [0.4, 0.5) is 0 Å². The molecule has 0 radical (unpaired) electrons. The van der Waals surface area contributed by atoms with Crippen molar-refractivity contribution in [3.63, 3.8) is 0 Å². The number of nitrogens with zero attached hydrogens (tertiary/aromatic N) is 3. The van der Waals surface area contributed by atoms with Gasteiger partial charge in [-0.25, -0.2) is 0 Å². The smallest absolute Gasteiger partial charge is 0.222 e. The molecule has 2 saturated heterocycles. The molecule has 0 aromatic heterocycles. The molecule has 2 amide bonds. The number of hydrogen-bond donors (Lipinski definition) is 1. The number of likely N-dealkylation sites (N-methyl/N-ethyl adjacent to an activating group) is 1. The monoisotopic (exact) mass is 325 g/mol. The van der Waals surface area contributed by atoms with E-state index in [9.17, 15) is 14.7 Å². The highest BCUT2D eigenvalue weighted by atomic mass is 16.3. The zero-order valence-corrected chi connectivity index (χ0v) is 14.6. The third kappa shape index (κ3) is 5.46. The summed E-state index contributed by atoms with van der Waals surface area (Å²) in [5, 5.41) is 10.5. The Labute approximate surface area is 139 Å². The molecule has 0 aromatic carbocycles. The zero-order chi connectivity index (χ0) is 16.9. The van der Waals surface area contributed by atoms with Crippen molar-refractivity contribution in [1.29, 1.82) is 0 Å². The van der Waals surface area contributed by atoms with Crippen LogP contribution in [-0.4, -0.2) is 84.0 Å². The number of hydrogen-bond acceptors (Lipinski definition) is 4. The molecule has 0 bridgehead atoms. The van der Waals surface area contributed by atoms with Crippen molar-refractivity contribution in [2.45, 2.75) is 50.5 Å². The predicted octanol–water partition coefficient (Wildman–Crippen LogP) is 0.694. The van der Waals surface area contributed by atoms with Crippen LogP contribution in [0, 0.1) is 0 Å². The molecule has 2 aliphatic heterocycles. The number of piperidine rings is 2. The topological polar surface area (TPSA) is 64.1 Å². The molecule has 0 atom stereocenters. The molecule has 0 aromatic rings. The van der Waals surface area contributed by atoms with Crippen molar-refractivity contribution in [3.8, 4) is 0 Å². The Bertz CT molecular complexity index is 417. The summed E-state index contributed by atoms with van der Waals surface area (Å²) in [5.41, 5.74) is -0.666. The van der Waals surface area contributed by atoms with Crippen LogP contribution < -0.4 is 0 Å². The highest BCUT2D eigenvalue weighted by Crippen LogP contribution is 2.23. The normalized spacial score (nSPS) is 21.8. The van der Waals surface area contributed by atoms with Gasteiger partial charge in [-0.15, -0.1) is 0 Å². The minimum absolute atomic E-state index is 0.154. The molecule has 1 N–H and O–H groups in total. The Morgan fingerprint density at radius 1 is 1.22 bits per heavy atom. The molecule has 6 heteroatoms. The molecular formula is C17H31N3O3. The van der Waals surface area contributed by atoms with Crippen molar-refractivity contribution >= 4 is 11.8 Å². The van der Waals surface area contributed by atoms with Crippen LogP contribution in [-0.2, 0) is 9.59 Å². The van der Waals surface area contributed by atoms with Crippen molar-refractivity contribution in [2.75, 3.05) is 46.8 Å². The maximum atomic E-state index is 12.3. The van der Waals surface area contributed by atoms with Crippen LogP contribution in [0.25, 0.3) is 0 Å². The van der Waals surface area contributed by atoms with Crippen molar-refractivity contribution < 1.29 is 14.7 Å². The molecule has 23 heavy (non-hydrogen) atoms. The van der Waals surface area contributed by atoms with E-state index in [0.29, 0.717) is 51.9 Å². The van der Waals surface area contributed by atoms with Crippen LogP contribution in [0.1, 0.15) is 44.9 Å². The number of rotatable bonds is 6. The van der Waals surface area contributed by atoms with Gasteiger partial charge in [0.15, 0.2) is 0 Å². The van der Waals surface area contributed by atoms with E-state index in [0.717, 1.165) is 25.8 Å². The molecule has 2 fully saturated rings. The second kappa shape index (κ2) is 8.11. The van der Waals surface area contributed by atoms with Crippen molar-refractivity contribution in [1.82, 2.24) is 14.7 Å². The minimum Gasteiger partial charge on any atom is -0.388 e. The first-order chi connectivity index (χ1) is 10.9. The molecule has 0 aliphatic carbocycles. The molecular weight excluding hydrogens is 294 g/mol. The third-order valence-electron chi connectivity index (χ3n) is 4.90. The van der Waals surface area contributed by atoms with Gasteiger partial charge in [0.2, 0.25) is 11.8 Å². The third-order valence-corrected chi connectivity index (χ3v) is 4.90. The Hall–Kier alpha value is -1.14. The lowest BCUT2D eigenvalue weighted by molar-refractivity contribution is -0.137. The molecule has 0 unspecified atom stereocenters. The lowest BCUT2D eigenvalue weighted by atomic mass is 9.91. The van der Waals surface area contributed by atoms with E-state index in [4.69, 9.17) is 0 Å². The SMILES string of the molecule is CN(C)CC1(O)CCN(C(=O)CCCN2CCCCC2=O)CC1. The minimum atomic E-state index is -0.666. The summed E-state index contributed by atoms with van der Waals surface area (Å²) in [6.07, 6.45) is 5.25. The first-order valence-corrected chi connectivity index (χ1v) is 8.82. The molecule has 6 nitrogen and oxygen atoms in total. The van der Waals surface area contributed by atoms with Gasteiger partial charge in [-0.05, 0) is 46.2 Å². The van der Waals surface area contributed by atoms with Gasteiger partial charge in [-0.1, -0.05) is 0 Å². The largest absolute Gasteiger partial charge is 0.388 e. The van der Waals surface area contributed by atoms with Crippen LogP contribution in [0.5, 0.6) is 0 Å². The number of likely N-dealkylation sites (tertiary alicyclic amines) is 2. The lowest BCUT2D eigenvalue weighted by Gasteiger charge is -2.39. The van der Waals surface area contributed by atoms with Gasteiger partial charge < -0.3 is 19.8 Å². The van der Waals surface area contributed by atoms with Gasteiger partial charge >= 0.3 is 0 Å². The van der Waals surface area contributed by atoms with Crippen LogP contribution in [0.3, 0.4) is 0 Å². The van der Waals surface area contributed by atoms with E-state index in [1.165, 1.54) is 0 Å². The molecule has 0 saturated carbocycles. The average Bonchev–Trinajstić information content (AvgIpc) is 2.48. The number of aliphatic hydroxyl groups is 1. The Kier molecular flexibility index (Phi) is 6.41. The molecule has 2 rings (SSSR count). The number of amides is 2. The molecule has 0 spiro atoms. The van der Waals surface area contributed by atoms with Gasteiger partial charge in [0.25, 0.3) is 0 Å². The molecule has 132 valence electrons. The van der Waals surface area contributed by atoms with E-state index >= 15 is 0 Å². The maximum Gasteiger partial charge on any atom is 0.222 e. The van der Waals surface area contributed by atoms with E-state index < -0.39 is 5.60 Å². The van der Waals surface area contributed by atoms with E-state index in [1.807, 2.05) is 28.8 Å². The quantitative estimate of drug-likeness (QED) is 0.781. The fraction of sp³-hybridized carbons (Fsp3) is 0.882. The van der Waals surface area contributed by atoms with Crippen molar-refractivity contribution in [2.24, 2.45) is 0 Å². The highest BCUT2D eigenvalue weighted by molar-refractivity contribution is 5.77. The van der Waals surface area contributed by atoms with Gasteiger partial charge in [0.1, 0.15) is 0 Å². The van der Waals surface area contributed by atoms with E-state index in [2.05, 4.69) is 0 Å². The van der Waals surface area contributed by atoms with Crippen LogP contribution in [0.15, 0.2) is 0 Å². The van der Waals surface area contributed by atoms with E-state index in [1.54, 1.807) is 0 Å². The molecule has 2 aliphatic rings. The molecule has 2 heterocycles. The Morgan fingerprint density at radius 3 is 2.52 bits per heavy atom. The van der Waals surface area contributed by atoms with Gasteiger partial charge in [0, 0.05) is 45.6 Å². The fourth-order valence-electron chi connectivity index (χ4n) is 3.60. The summed E-state index contributed by atoms with van der Waals surface area (Å²) in [6.45, 7) is 3.45. The standard InChI is InChI=1S/C17H31N3O3/c1-18(2)14-17(23)8-12-20(13-9-17)16(22)7-5-11-19-10-4-3-6-15(19)21/h23H,3-14H2,1-2H3. The Morgan fingerprint density at radius 2 is 1.91 bits per heavy atom. The summed E-state index contributed by atoms with van der Waals surface area (Å²) in [4.78, 5) is 29.8. The zero-order valence-electron chi connectivity index (χ0n) is 14.6. The average molecular weight is 325 g/mol. The first-order valence-electron chi connectivity index (χ1n) is 8.82. The van der Waals surface area contributed by atoms with Gasteiger partial charge in [-0.2, -0.15) is 0 Å². The summed E-state index contributed by atoms with van der Waals surface area (Å²) >= 11 is 0. The number of carbonyl (C=O) groups is 2. The van der Waals surface area contributed by atoms with Gasteiger partial charge in [0.05, 0.1) is 5.60 Å². The van der Waals surface area contributed by atoms with Gasteiger partial charge in [-0.3, -0.25) is 9.59 Å². The lowest BCUT2D eigenvalue weighted by Crippen LogP contribution is -2.51. The van der Waals surface area contributed by atoms with Crippen molar-refractivity contribution in [3.05, 3.63) is 0 Å². The first kappa shape index (κ1) is 18.2. The predicted molar refractivity (Wildman–Crippen MR) is 89.0 cm³/mol. The fourth-order valence-corrected chi connectivity index (χ4v) is 3.60. The summed E-state index contributed by atoms with van der Waals surface area (Å²) in [7, 11) is 3.91. The highest BCUT2D eigenvalue weighted by Gasteiger charge is 2.34. The summed E-state index contributed by atoms with van der Waals surface area (Å²) in [6, 6.07) is 0. The second-order valence-corrected chi connectivity index (χ2v) is 7.28. The maximum absolute atomic E-state index is 12.3. The summed E-state index contributed by atoms with van der Waals surface area (Å²) < 4.78 is 0. The second-order valence-electron chi connectivity index (χ2n) is 7.28. The number of carbonyl (C=O) groups excluding carboxylic acids is 2. The van der Waals surface area contributed by atoms with E-state index in [-0.39, 0.29) is 11.8 Å². The van der Waals surface area contributed by atoms with Crippen LogP contribution in [0.2, 0.25) is 0 Å².